The number of carbonyl (C=O) groups is 6. The molecule has 2 aromatic rings. The lowest BCUT2D eigenvalue weighted by atomic mass is 9.83. The number of hydrogen-bond donors (Lipinski definition) is 6. The van der Waals surface area contributed by atoms with Gasteiger partial charge in [-0.3, -0.25) is 28.8 Å². The third kappa shape index (κ3) is 10.9. The predicted molar refractivity (Wildman–Crippen MR) is 267 cm³/mol. The van der Waals surface area contributed by atoms with Gasteiger partial charge in [-0.05, 0) is 104 Å². The largest absolute Gasteiger partial charge is 0.375 e. The molecule has 0 unspecified atom stereocenters. The second-order valence-electron chi connectivity index (χ2n) is 20.9. The molecule has 6 amide bonds. The summed E-state index contributed by atoms with van der Waals surface area (Å²) in [5, 5.41) is 18.0. The average Bonchev–Trinajstić information content (AvgIpc) is 3.95. The molecule has 0 saturated carbocycles. The molecule has 0 bridgehead atoms. The first kappa shape index (κ1) is 51.2. The molecular weight excluding hydrogens is 917 g/mol. The number of amides is 6. The van der Waals surface area contributed by atoms with Crippen LogP contribution in [0.4, 0.5) is 0 Å². The Morgan fingerprint density at radius 2 is 1.13 bits per heavy atom. The molecular formula is C51H72N8O8S2. The van der Waals surface area contributed by atoms with Gasteiger partial charge >= 0.3 is 0 Å². The number of benzene rings is 2. The number of rotatable bonds is 17. The van der Waals surface area contributed by atoms with Crippen LogP contribution in [0.2, 0.25) is 0 Å². The number of nitrogens with zero attached hydrogens (tertiary/aromatic N) is 2. The average molecular weight is 989 g/mol. The van der Waals surface area contributed by atoms with E-state index in [0.29, 0.717) is 76.1 Å². The van der Waals surface area contributed by atoms with Gasteiger partial charge in [0, 0.05) is 26.1 Å². The Morgan fingerprint density at radius 3 is 1.58 bits per heavy atom. The first-order chi connectivity index (χ1) is 33.0. The minimum atomic E-state index is -0.727. The molecule has 4 fully saturated rings. The van der Waals surface area contributed by atoms with Crippen molar-refractivity contribution in [2.45, 2.75) is 151 Å². The van der Waals surface area contributed by atoms with E-state index >= 15 is 0 Å². The summed E-state index contributed by atoms with van der Waals surface area (Å²) in [6, 6.07) is 12.0. The maximum absolute atomic E-state index is 14.6. The quantitative estimate of drug-likeness (QED) is 0.127. The molecule has 11 atom stereocenters. The minimum Gasteiger partial charge on any atom is -0.375 e. The molecule has 8 rings (SSSR count). The molecule has 0 radical (unpaired) electrons. The van der Waals surface area contributed by atoms with Crippen molar-refractivity contribution in [1.29, 1.82) is 0 Å². The summed E-state index contributed by atoms with van der Waals surface area (Å²) in [5.41, 5.74) is 3.24. The maximum Gasteiger partial charge on any atom is 0.246 e. The number of thioether (sulfide) groups is 2. The predicted octanol–water partition coefficient (Wildman–Crippen LogP) is 3.34. The van der Waals surface area contributed by atoms with Crippen LogP contribution in [0.25, 0.3) is 0 Å². The molecule has 6 aliphatic rings. The molecule has 2 aliphatic carbocycles. The van der Waals surface area contributed by atoms with Crippen molar-refractivity contribution in [3.05, 3.63) is 70.8 Å². The molecule has 6 N–H and O–H groups in total. The third-order valence-corrected chi connectivity index (χ3v) is 17.6. The Balaban J connectivity index is 0.881. The summed E-state index contributed by atoms with van der Waals surface area (Å²) < 4.78 is 13.2. The lowest BCUT2D eigenvalue weighted by Gasteiger charge is -2.35. The van der Waals surface area contributed by atoms with Gasteiger partial charge in [0.1, 0.15) is 24.2 Å². The zero-order valence-electron chi connectivity index (χ0n) is 41.1. The van der Waals surface area contributed by atoms with Crippen molar-refractivity contribution in [2.75, 3.05) is 45.4 Å². The highest BCUT2D eigenvalue weighted by Crippen LogP contribution is 2.48. The lowest BCUT2D eigenvalue weighted by molar-refractivity contribution is -0.144. The van der Waals surface area contributed by atoms with Gasteiger partial charge in [-0.2, -0.15) is 0 Å². The maximum atomic E-state index is 14.6. The standard InChI is InChI=1S/C51H72N8O8S2/c1-29(53-7)45(61)55-35-19-23-69-40-27-51(4,5)44(59(40)49(35)65)47(63)57-42-33-17-11-9-15-31(33)25-37(42)67-21-13-12-20-66-36-24-30-14-8-10-16-32(30)41(36)56-46(62)43-50(2,3)26-39-58(43)48(64)34(18-22-68-39)54-38(60)28-52-6/h8-11,14-17,29,34-37,39-44,52-53H,12-13,18-28H2,1-7H3,(H,54,60)(H,55,61)(H,56,62)(H,57,63)/t29-,34-,35-,36+,37+,39-,40-,41-,42-,43+,44+/m0/s1. The summed E-state index contributed by atoms with van der Waals surface area (Å²) in [6.45, 7) is 10.9. The molecule has 2 aromatic carbocycles. The van der Waals surface area contributed by atoms with Crippen molar-refractivity contribution in [2.24, 2.45) is 10.8 Å². The molecule has 4 heterocycles. The summed E-state index contributed by atoms with van der Waals surface area (Å²) in [6.07, 6.45) is 4.40. The van der Waals surface area contributed by atoms with E-state index in [9.17, 15) is 28.8 Å². The van der Waals surface area contributed by atoms with E-state index in [1.165, 1.54) is 0 Å². The van der Waals surface area contributed by atoms with Crippen molar-refractivity contribution < 1.29 is 38.2 Å². The Morgan fingerprint density at radius 1 is 0.681 bits per heavy atom. The van der Waals surface area contributed by atoms with Crippen molar-refractivity contribution >= 4 is 59.0 Å². The molecule has 4 saturated heterocycles. The van der Waals surface area contributed by atoms with E-state index in [0.717, 1.165) is 22.3 Å². The number of fused-ring (bicyclic) bond motifs is 4. The number of unbranched alkanes of at least 4 members (excludes halogenated alkanes) is 1. The number of carbonyl (C=O) groups excluding carboxylic acids is 6. The molecule has 0 aromatic heterocycles. The van der Waals surface area contributed by atoms with Crippen LogP contribution in [0.3, 0.4) is 0 Å². The highest BCUT2D eigenvalue weighted by atomic mass is 32.2. The molecule has 0 spiro atoms. The van der Waals surface area contributed by atoms with Crippen LogP contribution in [0, 0.1) is 10.8 Å². The molecule has 69 heavy (non-hydrogen) atoms. The van der Waals surface area contributed by atoms with Crippen LogP contribution in [0.1, 0.15) is 107 Å². The van der Waals surface area contributed by atoms with Gasteiger partial charge in [0.15, 0.2) is 0 Å². The van der Waals surface area contributed by atoms with Crippen LogP contribution in [0.15, 0.2) is 48.5 Å². The van der Waals surface area contributed by atoms with E-state index in [2.05, 4.69) is 44.0 Å². The first-order valence-electron chi connectivity index (χ1n) is 24.8. The Bertz CT molecular complexity index is 2250. The van der Waals surface area contributed by atoms with Crippen molar-refractivity contribution in [3.8, 4) is 0 Å². The molecule has 376 valence electrons. The van der Waals surface area contributed by atoms with E-state index in [-0.39, 0.29) is 64.9 Å². The summed E-state index contributed by atoms with van der Waals surface area (Å²) in [4.78, 5) is 86.4. The normalized spacial score (nSPS) is 30.3. The Kier molecular flexibility index (Phi) is 16.1. The van der Waals surface area contributed by atoms with E-state index in [1.54, 1.807) is 54.3 Å². The Labute approximate surface area is 415 Å². The monoisotopic (exact) mass is 988 g/mol. The highest BCUT2D eigenvalue weighted by molar-refractivity contribution is 8.00. The number of ether oxygens (including phenoxy) is 2. The lowest BCUT2D eigenvalue weighted by Crippen LogP contribution is -2.58. The minimum absolute atomic E-state index is 0.104. The van der Waals surface area contributed by atoms with Gasteiger partial charge in [0.2, 0.25) is 35.4 Å². The van der Waals surface area contributed by atoms with Gasteiger partial charge in [0.25, 0.3) is 0 Å². The number of hydrogen-bond acceptors (Lipinski definition) is 12. The van der Waals surface area contributed by atoms with Gasteiger partial charge in [-0.15, -0.1) is 23.5 Å². The summed E-state index contributed by atoms with van der Waals surface area (Å²) in [5.74, 6) is 0.0242. The topological polar surface area (TPSA) is 200 Å². The number of likely N-dealkylation sites (N-methyl/N-ethyl adjacent to an activating group) is 2. The first-order valence-corrected chi connectivity index (χ1v) is 26.9. The smallest absolute Gasteiger partial charge is 0.246 e. The fourth-order valence-corrected chi connectivity index (χ4v) is 14.6. The fourth-order valence-electron chi connectivity index (χ4n) is 11.4. The Hall–Kier alpha value is -4.20. The van der Waals surface area contributed by atoms with Crippen LogP contribution in [0.5, 0.6) is 0 Å². The van der Waals surface area contributed by atoms with E-state index in [1.807, 2.05) is 64.1 Å². The SMILES string of the molecule is CNCC(=O)N[C@H]1CCS[C@H]2CC(C)(C)[C@@H](C(=O)N[C@H]3c4ccccc4C[C@H]3OCCCCO[C@@H]3Cc4ccccc4[C@@H]3NC(=O)[C@H]3N4C(=O)[C@@H](NC(=O)[C@H](C)NC)CCS[C@H]4CC3(C)C)N2C1=O. The van der Waals surface area contributed by atoms with Crippen molar-refractivity contribution in [3.63, 3.8) is 0 Å². The van der Waals surface area contributed by atoms with Crippen LogP contribution in [-0.4, -0.2) is 144 Å². The van der Waals surface area contributed by atoms with E-state index in [4.69, 9.17) is 9.47 Å². The molecule has 16 nitrogen and oxygen atoms in total. The summed E-state index contributed by atoms with van der Waals surface area (Å²) in [7, 11) is 3.39. The van der Waals surface area contributed by atoms with Crippen LogP contribution in [-0.2, 0) is 51.1 Å². The van der Waals surface area contributed by atoms with Crippen molar-refractivity contribution in [1.82, 2.24) is 41.7 Å². The number of nitrogens with one attached hydrogen (secondary N) is 6. The summed E-state index contributed by atoms with van der Waals surface area (Å²) >= 11 is 3.35. The van der Waals surface area contributed by atoms with Crippen LogP contribution >= 0.6 is 23.5 Å². The van der Waals surface area contributed by atoms with Gasteiger partial charge in [-0.1, -0.05) is 76.2 Å². The second kappa shape index (κ2) is 21.7. The zero-order chi connectivity index (χ0) is 49.2. The van der Waals surface area contributed by atoms with Gasteiger partial charge < -0.3 is 51.2 Å². The molecule has 4 aliphatic heterocycles. The van der Waals surface area contributed by atoms with Gasteiger partial charge in [0.05, 0.1) is 47.6 Å². The molecule has 18 heteroatoms. The third-order valence-electron chi connectivity index (χ3n) is 15.1. The zero-order valence-corrected chi connectivity index (χ0v) is 42.8. The highest BCUT2D eigenvalue weighted by Gasteiger charge is 2.57. The fraction of sp³-hybridized carbons (Fsp3) is 0.647. The second-order valence-corrected chi connectivity index (χ2v) is 23.5. The van der Waals surface area contributed by atoms with Crippen LogP contribution < -0.4 is 31.9 Å². The van der Waals surface area contributed by atoms with Gasteiger partial charge in [-0.25, -0.2) is 0 Å². The van der Waals surface area contributed by atoms with E-state index < -0.39 is 53.1 Å².